The largest absolute Gasteiger partial charge is 0.338 e. The highest BCUT2D eigenvalue weighted by atomic mass is 32.2. The smallest absolute Gasteiger partial charge is 0.324 e. The van der Waals surface area contributed by atoms with Crippen LogP contribution >= 0.6 is 7.60 Å². The van der Waals surface area contributed by atoms with Gasteiger partial charge in [0.2, 0.25) is 0 Å². The molecule has 6 heteroatoms. The molecule has 0 aliphatic carbocycles. The van der Waals surface area contributed by atoms with Crippen LogP contribution < -0.4 is 0 Å². The first-order chi connectivity index (χ1) is 5.99. The Labute approximate surface area is 78.2 Å². The highest BCUT2D eigenvalue weighted by molar-refractivity contribution is 7.92. The van der Waals surface area contributed by atoms with Gasteiger partial charge in [-0.2, -0.15) is 0 Å². The van der Waals surface area contributed by atoms with Crippen molar-refractivity contribution in [2.45, 2.75) is 4.90 Å². The van der Waals surface area contributed by atoms with E-state index in [-0.39, 0.29) is 0 Å². The van der Waals surface area contributed by atoms with E-state index in [4.69, 9.17) is 9.79 Å². The van der Waals surface area contributed by atoms with Gasteiger partial charge in [0.15, 0.2) is 0 Å². The zero-order valence-corrected chi connectivity index (χ0v) is 8.37. The molecule has 0 fully saturated rings. The topological polar surface area (TPSA) is 74.6 Å². The van der Waals surface area contributed by atoms with Crippen LogP contribution in [0.15, 0.2) is 35.2 Å². The van der Waals surface area contributed by atoms with E-state index in [0.717, 1.165) is 0 Å². The standard InChI is InChI=1S/C7H9O4PS/c8-12(9,10)6-13(11)7-4-2-1-3-5-7/h1-5H,6H2,(H2,8,9,10). The Morgan fingerprint density at radius 3 is 2.23 bits per heavy atom. The van der Waals surface area contributed by atoms with E-state index in [1.807, 2.05) is 0 Å². The van der Waals surface area contributed by atoms with Crippen molar-refractivity contribution >= 4 is 18.4 Å². The van der Waals surface area contributed by atoms with E-state index in [9.17, 15) is 8.77 Å². The van der Waals surface area contributed by atoms with Crippen molar-refractivity contribution < 1.29 is 18.6 Å². The van der Waals surface area contributed by atoms with Gasteiger partial charge in [0.05, 0.1) is 10.8 Å². The molecule has 2 N–H and O–H groups in total. The van der Waals surface area contributed by atoms with Crippen LogP contribution in [0.25, 0.3) is 0 Å². The minimum Gasteiger partial charge on any atom is -0.324 e. The van der Waals surface area contributed by atoms with E-state index in [0.29, 0.717) is 4.90 Å². The van der Waals surface area contributed by atoms with Crippen molar-refractivity contribution in [2.24, 2.45) is 0 Å². The zero-order valence-electron chi connectivity index (χ0n) is 6.66. The normalized spacial score (nSPS) is 14.0. The SMILES string of the molecule is O=S(CP(=O)(O)O)c1ccccc1. The molecule has 1 unspecified atom stereocenters. The maximum absolute atomic E-state index is 11.3. The summed E-state index contributed by atoms with van der Waals surface area (Å²) in [6.45, 7) is 0. The fraction of sp³-hybridized carbons (Fsp3) is 0.143. The molecule has 1 aromatic carbocycles. The number of hydrogen-bond acceptors (Lipinski definition) is 2. The predicted molar refractivity (Wildman–Crippen MR) is 49.8 cm³/mol. The molecule has 72 valence electrons. The van der Waals surface area contributed by atoms with Crippen molar-refractivity contribution in [2.75, 3.05) is 5.49 Å². The van der Waals surface area contributed by atoms with Crippen LogP contribution in [0.3, 0.4) is 0 Å². The molecule has 0 aromatic heterocycles. The third kappa shape index (κ3) is 3.83. The fourth-order valence-electron chi connectivity index (χ4n) is 0.800. The summed E-state index contributed by atoms with van der Waals surface area (Å²) in [5, 5.41) is 0. The lowest BCUT2D eigenvalue weighted by Gasteiger charge is -2.03. The average Bonchev–Trinajstić information content (AvgIpc) is 2.03. The first-order valence-corrected chi connectivity index (χ1v) is 6.59. The summed E-state index contributed by atoms with van der Waals surface area (Å²) < 4.78 is 21.8. The van der Waals surface area contributed by atoms with Crippen molar-refractivity contribution in [3.8, 4) is 0 Å². The maximum Gasteiger partial charge on any atom is 0.338 e. The molecule has 4 nitrogen and oxygen atoms in total. The third-order valence-electron chi connectivity index (χ3n) is 1.29. The van der Waals surface area contributed by atoms with Crippen molar-refractivity contribution in [3.63, 3.8) is 0 Å². The number of hydrogen-bond donors (Lipinski definition) is 2. The molecule has 0 saturated carbocycles. The minimum absolute atomic E-state index is 0.436. The summed E-state index contributed by atoms with van der Waals surface area (Å²) in [4.78, 5) is 17.6. The third-order valence-corrected chi connectivity index (χ3v) is 4.37. The van der Waals surface area contributed by atoms with Crippen molar-refractivity contribution in [1.82, 2.24) is 0 Å². The molecule has 0 aliphatic heterocycles. The summed E-state index contributed by atoms with van der Waals surface area (Å²) in [6.07, 6.45) is 0. The van der Waals surface area contributed by atoms with Gasteiger partial charge in [-0.05, 0) is 12.1 Å². The highest BCUT2D eigenvalue weighted by Crippen LogP contribution is 2.36. The van der Waals surface area contributed by atoms with Gasteiger partial charge >= 0.3 is 7.60 Å². The molecule has 0 spiro atoms. The van der Waals surface area contributed by atoms with E-state index in [2.05, 4.69) is 0 Å². The van der Waals surface area contributed by atoms with Crippen LogP contribution in [-0.2, 0) is 15.4 Å². The molecule has 0 saturated heterocycles. The summed E-state index contributed by atoms with van der Waals surface area (Å²) in [5.74, 6) is 0. The Kier molecular flexibility index (Phi) is 3.39. The van der Waals surface area contributed by atoms with Crippen LogP contribution in [0.2, 0.25) is 0 Å². The van der Waals surface area contributed by atoms with Gasteiger partial charge < -0.3 is 9.79 Å². The van der Waals surface area contributed by atoms with Gasteiger partial charge in [-0.1, -0.05) is 18.2 Å². The summed E-state index contributed by atoms with van der Waals surface area (Å²) in [6, 6.07) is 8.25. The van der Waals surface area contributed by atoms with Crippen LogP contribution in [0.4, 0.5) is 0 Å². The molecule has 0 heterocycles. The molecular weight excluding hydrogens is 211 g/mol. The first-order valence-electron chi connectivity index (χ1n) is 3.47. The van der Waals surface area contributed by atoms with Gasteiger partial charge in [-0.25, -0.2) is 0 Å². The number of rotatable bonds is 3. The van der Waals surface area contributed by atoms with E-state index in [1.165, 1.54) is 0 Å². The lowest BCUT2D eigenvalue weighted by Crippen LogP contribution is -1.98. The Morgan fingerprint density at radius 2 is 1.77 bits per heavy atom. The molecular formula is C7H9O4PS. The van der Waals surface area contributed by atoms with Gasteiger partial charge in [-0.15, -0.1) is 0 Å². The maximum atomic E-state index is 11.3. The zero-order chi connectivity index (χ0) is 9.90. The van der Waals surface area contributed by atoms with Gasteiger partial charge in [-0.3, -0.25) is 8.77 Å². The number of benzene rings is 1. The molecule has 0 aliphatic rings. The Balaban J connectivity index is 2.76. The molecule has 0 radical (unpaired) electrons. The quantitative estimate of drug-likeness (QED) is 0.743. The molecule has 1 rings (SSSR count). The fourth-order valence-corrected chi connectivity index (χ4v) is 3.08. The van der Waals surface area contributed by atoms with E-state index < -0.39 is 23.9 Å². The van der Waals surface area contributed by atoms with Crippen LogP contribution in [0.5, 0.6) is 0 Å². The van der Waals surface area contributed by atoms with Crippen LogP contribution in [0, 0.1) is 0 Å². The lowest BCUT2D eigenvalue weighted by atomic mass is 10.4. The van der Waals surface area contributed by atoms with E-state index in [1.54, 1.807) is 30.3 Å². The second kappa shape index (κ2) is 4.15. The summed E-state index contributed by atoms with van der Waals surface area (Å²) in [5.41, 5.74) is -0.614. The summed E-state index contributed by atoms with van der Waals surface area (Å²) in [7, 11) is -5.80. The van der Waals surface area contributed by atoms with Gasteiger partial charge in [0.25, 0.3) is 0 Å². The lowest BCUT2D eigenvalue weighted by molar-refractivity contribution is 0.379. The second-order valence-electron chi connectivity index (χ2n) is 2.45. The van der Waals surface area contributed by atoms with Crippen molar-refractivity contribution in [1.29, 1.82) is 0 Å². The molecule has 1 aromatic rings. The second-order valence-corrected chi connectivity index (χ2v) is 5.98. The van der Waals surface area contributed by atoms with Crippen molar-refractivity contribution in [3.05, 3.63) is 30.3 Å². The molecule has 1 atom stereocenters. The Morgan fingerprint density at radius 1 is 1.23 bits per heavy atom. The average molecular weight is 220 g/mol. The highest BCUT2D eigenvalue weighted by Gasteiger charge is 2.18. The van der Waals surface area contributed by atoms with Gasteiger partial charge in [0.1, 0.15) is 5.49 Å². The Hall–Kier alpha value is -0.480. The monoisotopic (exact) mass is 220 g/mol. The van der Waals surface area contributed by atoms with Crippen LogP contribution in [-0.4, -0.2) is 19.5 Å². The molecule has 0 bridgehead atoms. The van der Waals surface area contributed by atoms with E-state index >= 15 is 0 Å². The summed E-state index contributed by atoms with van der Waals surface area (Å²) >= 11 is 0. The molecule has 0 amide bonds. The molecule has 13 heavy (non-hydrogen) atoms. The van der Waals surface area contributed by atoms with Crippen LogP contribution in [0.1, 0.15) is 0 Å². The predicted octanol–water partition coefficient (Wildman–Crippen LogP) is 0.929. The Bertz CT molecular complexity index is 345. The first kappa shape index (κ1) is 10.6. The van der Waals surface area contributed by atoms with Gasteiger partial charge in [0, 0.05) is 4.90 Å². The minimum atomic E-state index is -4.19.